The number of nitro groups is 1. The first kappa shape index (κ1) is 16.6. The minimum absolute atomic E-state index is 0.0662. The van der Waals surface area contributed by atoms with Gasteiger partial charge in [0.1, 0.15) is 5.75 Å². The lowest BCUT2D eigenvalue weighted by Gasteiger charge is -2.55. The Labute approximate surface area is 151 Å². The fraction of sp³-hybridized carbons (Fsp3) is 0.350. The number of phenols is 1. The highest BCUT2D eigenvalue weighted by Crippen LogP contribution is 2.60. The molecular formula is C20H20N2O4. The molecule has 0 heterocycles. The van der Waals surface area contributed by atoms with Crippen molar-refractivity contribution in [3.63, 3.8) is 0 Å². The summed E-state index contributed by atoms with van der Waals surface area (Å²) in [6, 6.07) is 14.1. The highest BCUT2D eigenvalue weighted by atomic mass is 16.6. The lowest BCUT2D eigenvalue weighted by atomic mass is 9.48. The molecular weight excluding hydrogens is 332 g/mol. The molecule has 2 bridgehead atoms. The van der Waals surface area contributed by atoms with E-state index in [2.05, 4.69) is 17.4 Å². The summed E-state index contributed by atoms with van der Waals surface area (Å²) in [5.41, 5.74) is 1.32. The maximum absolute atomic E-state index is 12.8. The number of rotatable bonds is 4. The van der Waals surface area contributed by atoms with E-state index in [0.29, 0.717) is 17.8 Å². The van der Waals surface area contributed by atoms with E-state index in [1.54, 1.807) is 0 Å². The second-order valence-electron chi connectivity index (χ2n) is 7.17. The molecule has 0 radical (unpaired) electrons. The quantitative estimate of drug-likeness (QED) is 0.493. The molecule has 0 saturated heterocycles. The normalized spacial score (nSPS) is 26.6. The van der Waals surface area contributed by atoms with Crippen molar-refractivity contribution in [1.29, 1.82) is 0 Å². The van der Waals surface area contributed by atoms with Crippen LogP contribution >= 0.6 is 0 Å². The zero-order chi connectivity index (χ0) is 18.3. The fourth-order valence-electron chi connectivity index (χ4n) is 4.76. The molecule has 2 aliphatic carbocycles. The van der Waals surface area contributed by atoms with E-state index in [1.165, 1.54) is 17.7 Å². The van der Waals surface area contributed by atoms with Crippen LogP contribution in [-0.4, -0.2) is 15.9 Å². The molecule has 2 unspecified atom stereocenters. The third kappa shape index (κ3) is 2.71. The molecule has 2 atom stereocenters. The second kappa shape index (κ2) is 6.44. The predicted octanol–water partition coefficient (Wildman–Crippen LogP) is 4.07. The van der Waals surface area contributed by atoms with E-state index >= 15 is 0 Å². The van der Waals surface area contributed by atoms with Crippen LogP contribution in [0.2, 0.25) is 0 Å². The molecule has 0 aromatic heterocycles. The molecule has 2 saturated carbocycles. The van der Waals surface area contributed by atoms with Gasteiger partial charge in [-0.3, -0.25) is 14.9 Å². The molecule has 2 aliphatic rings. The highest BCUT2D eigenvalue weighted by molar-refractivity contribution is 5.95. The fourth-order valence-corrected chi connectivity index (χ4v) is 4.76. The molecule has 2 aromatic rings. The van der Waals surface area contributed by atoms with Gasteiger partial charge in [0.05, 0.1) is 16.7 Å². The number of carbonyl (C=O) groups is 1. The van der Waals surface area contributed by atoms with Gasteiger partial charge in [-0.25, -0.2) is 0 Å². The zero-order valence-electron chi connectivity index (χ0n) is 14.2. The standard InChI is InChI=1S/C20H20N2O4/c23-17-11-13(22(25)26)9-10-16(17)21-20(24)19-14-7-4-8-15(19)18(14)12-5-2-1-3-6-12/h1-3,5-6,9-11,14-15,18-19,23H,4,7-8H2,(H,21,24). The van der Waals surface area contributed by atoms with Crippen molar-refractivity contribution in [2.75, 3.05) is 5.32 Å². The molecule has 134 valence electrons. The van der Waals surface area contributed by atoms with E-state index < -0.39 is 4.92 Å². The van der Waals surface area contributed by atoms with Crippen LogP contribution in [0.3, 0.4) is 0 Å². The van der Waals surface area contributed by atoms with Crippen LogP contribution in [0, 0.1) is 27.9 Å². The Kier molecular flexibility index (Phi) is 4.11. The Morgan fingerprint density at radius 3 is 2.42 bits per heavy atom. The minimum atomic E-state index is -0.577. The summed E-state index contributed by atoms with van der Waals surface area (Å²) in [5, 5.41) is 23.5. The van der Waals surface area contributed by atoms with Gasteiger partial charge in [-0.05, 0) is 42.2 Å². The van der Waals surface area contributed by atoms with E-state index in [1.807, 2.05) is 18.2 Å². The average Bonchev–Trinajstić information content (AvgIpc) is 2.64. The topological polar surface area (TPSA) is 92.5 Å². The van der Waals surface area contributed by atoms with E-state index in [-0.39, 0.29) is 28.9 Å². The summed E-state index contributed by atoms with van der Waals surface area (Å²) in [6.07, 6.45) is 3.20. The molecule has 6 nitrogen and oxygen atoms in total. The molecule has 26 heavy (non-hydrogen) atoms. The number of hydrogen-bond donors (Lipinski definition) is 2. The van der Waals surface area contributed by atoms with Crippen molar-refractivity contribution in [2.45, 2.75) is 25.2 Å². The van der Waals surface area contributed by atoms with E-state index in [4.69, 9.17) is 0 Å². The largest absolute Gasteiger partial charge is 0.506 e. The summed E-state index contributed by atoms with van der Waals surface area (Å²) in [6.45, 7) is 0. The molecule has 0 aliphatic heterocycles. The molecule has 2 aromatic carbocycles. The molecule has 2 N–H and O–H groups in total. The lowest BCUT2D eigenvalue weighted by molar-refractivity contribution is -0.384. The Hall–Kier alpha value is -2.89. The molecule has 6 heteroatoms. The number of amides is 1. The monoisotopic (exact) mass is 352 g/mol. The van der Waals surface area contributed by atoms with Gasteiger partial charge in [0.15, 0.2) is 0 Å². The first-order chi connectivity index (χ1) is 12.6. The van der Waals surface area contributed by atoms with Crippen LogP contribution < -0.4 is 5.32 Å². The number of carbonyl (C=O) groups excluding carboxylic acids is 1. The number of anilines is 1. The first-order valence-corrected chi connectivity index (χ1v) is 8.89. The van der Waals surface area contributed by atoms with Crippen molar-refractivity contribution in [2.24, 2.45) is 17.8 Å². The molecule has 0 spiro atoms. The molecule has 1 amide bonds. The van der Waals surface area contributed by atoms with E-state index in [9.17, 15) is 20.0 Å². The smallest absolute Gasteiger partial charge is 0.273 e. The van der Waals surface area contributed by atoms with Gasteiger partial charge < -0.3 is 10.4 Å². The summed E-state index contributed by atoms with van der Waals surface area (Å²) in [5.74, 6) is 0.607. The number of phenolic OH excluding ortho intramolecular Hbond substituents is 1. The maximum atomic E-state index is 12.8. The number of non-ortho nitro benzene ring substituents is 1. The van der Waals surface area contributed by atoms with Gasteiger partial charge in [0.25, 0.3) is 5.69 Å². The number of aromatic hydroxyl groups is 1. The summed E-state index contributed by atoms with van der Waals surface area (Å²) >= 11 is 0. The Morgan fingerprint density at radius 1 is 1.12 bits per heavy atom. The zero-order valence-corrected chi connectivity index (χ0v) is 14.2. The van der Waals surface area contributed by atoms with Crippen molar-refractivity contribution in [1.82, 2.24) is 0 Å². The second-order valence-corrected chi connectivity index (χ2v) is 7.17. The van der Waals surface area contributed by atoms with Gasteiger partial charge in [-0.15, -0.1) is 0 Å². The van der Waals surface area contributed by atoms with Gasteiger partial charge in [-0.1, -0.05) is 36.8 Å². The summed E-state index contributed by atoms with van der Waals surface area (Å²) in [7, 11) is 0. The lowest BCUT2D eigenvalue weighted by Crippen LogP contribution is -2.53. The highest BCUT2D eigenvalue weighted by Gasteiger charge is 2.55. The number of nitro benzene ring substituents is 1. The molecule has 4 rings (SSSR count). The number of nitrogens with one attached hydrogen (secondary N) is 1. The number of benzene rings is 2. The van der Waals surface area contributed by atoms with Gasteiger partial charge in [-0.2, -0.15) is 0 Å². The number of nitrogens with zero attached hydrogens (tertiary/aromatic N) is 1. The summed E-state index contributed by atoms with van der Waals surface area (Å²) < 4.78 is 0. The van der Waals surface area contributed by atoms with Crippen molar-refractivity contribution >= 4 is 17.3 Å². The van der Waals surface area contributed by atoms with E-state index in [0.717, 1.165) is 25.3 Å². The minimum Gasteiger partial charge on any atom is -0.506 e. The van der Waals surface area contributed by atoms with Crippen LogP contribution in [0.5, 0.6) is 5.75 Å². The molecule has 2 fully saturated rings. The summed E-state index contributed by atoms with van der Waals surface area (Å²) in [4.78, 5) is 23.0. The van der Waals surface area contributed by atoms with Crippen LogP contribution in [0.15, 0.2) is 48.5 Å². The van der Waals surface area contributed by atoms with Crippen molar-refractivity contribution < 1.29 is 14.8 Å². The number of fused-ring (bicyclic) bond motifs is 2. The first-order valence-electron chi connectivity index (χ1n) is 8.89. The van der Waals surface area contributed by atoms with Crippen molar-refractivity contribution in [3.8, 4) is 5.75 Å². The van der Waals surface area contributed by atoms with Crippen LogP contribution in [0.4, 0.5) is 11.4 Å². The predicted molar refractivity (Wildman–Crippen MR) is 96.9 cm³/mol. The Morgan fingerprint density at radius 2 is 1.81 bits per heavy atom. The van der Waals surface area contributed by atoms with Gasteiger partial charge in [0.2, 0.25) is 5.91 Å². The van der Waals surface area contributed by atoms with Gasteiger partial charge in [0, 0.05) is 12.0 Å². The third-order valence-electron chi connectivity index (χ3n) is 5.86. The van der Waals surface area contributed by atoms with Crippen LogP contribution in [0.25, 0.3) is 0 Å². The average molecular weight is 352 g/mol. The third-order valence-corrected chi connectivity index (χ3v) is 5.86. The Bertz CT molecular complexity index is 840. The Balaban J connectivity index is 1.50. The maximum Gasteiger partial charge on any atom is 0.273 e. The van der Waals surface area contributed by atoms with Gasteiger partial charge >= 0.3 is 0 Å². The SMILES string of the molecule is O=C(Nc1ccc([N+](=O)[O-])cc1O)C1C2CCCC1C2c1ccccc1. The van der Waals surface area contributed by atoms with Crippen molar-refractivity contribution in [3.05, 3.63) is 64.2 Å². The van der Waals surface area contributed by atoms with Crippen LogP contribution in [-0.2, 0) is 4.79 Å². The number of hydrogen-bond acceptors (Lipinski definition) is 4. The van der Waals surface area contributed by atoms with Crippen LogP contribution in [0.1, 0.15) is 30.7 Å².